The quantitative estimate of drug-likeness (QED) is 0.423. The number of halogens is 5. The van der Waals surface area contributed by atoms with E-state index in [0.717, 1.165) is 0 Å². The predicted octanol–water partition coefficient (Wildman–Crippen LogP) is 5.18. The SMILES string of the molecule is Cc1cc(NC(=O)c2ccc(Br)nc2N2CCC(=C(F)F)CC2)nc(N2CCC(F)(F)CC2)n1. The molecule has 0 radical (unpaired) electrons. The van der Waals surface area contributed by atoms with Gasteiger partial charge in [0, 0.05) is 50.8 Å². The average molecular weight is 543 g/mol. The van der Waals surface area contributed by atoms with Crippen molar-refractivity contribution in [3.8, 4) is 0 Å². The zero-order valence-electron chi connectivity index (χ0n) is 18.4. The number of rotatable bonds is 4. The Kier molecular flexibility index (Phi) is 7.06. The van der Waals surface area contributed by atoms with E-state index in [-0.39, 0.29) is 61.7 Å². The van der Waals surface area contributed by atoms with E-state index >= 15 is 0 Å². The molecule has 0 aliphatic carbocycles. The molecular formula is C22H23BrF4N6O. The van der Waals surface area contributed by atoms with E-state index in [4.69, 9.17) is 0 Å². The number of pyridine rings is 1. The monoisotopic (exact) mass is 542 g/mol. The Hall–Kier alpha value is -2.76. The zero-order chi connectivity index (χ0) is 24.5. The molecule has 0 bridgehead atoms. The predicted molar refractivity (Wildman–Crippen MR) is 124 cm³/mol. The van der Waals surface area contributed by atoms with Crippen LogP contribution in [-0.2, 0) is 0 Å². The van der Waals surface area contributed by atoms with E-state index in [0.29, 0.717) is 29.2 Å². The van der Waals surface area contributed by atoms with E-state index in [1.165, 1.54) is 0 Å². The highest BCUT2D eigenvalue weighted by molar-refractivity contribution is 9.10. The first-order chi connectivity index (χ1) is 16.1. The second kappa shape index (κ2) is 9.85. The lowest BCUT2D eigenvalue weighted by molar-refractivity contribution is -0.0222. The summed E-state index contributed by atoms with van der Waals surface area (Å²) in [5, 5.41) is 2.74. The summed E-state index contributed by atoms with van der Waals surface area (Å²) in [6.45, 7) is 2.60. The van der Waals surface area contributed by atoms with Gasteiger partial charge in [-0.3, -0.25) is 4.79 Å². The number of alkyl halides is 2. The molecular weight excluding hydrogens is 520 g/mol. The molecule has 0 aromatic carbocycles. The van der Waals surface area contributed by atoms with Gasteiger partial charge in [0.2, 0.25) is 5.95 Å². The summed E-state index contributed by atoms with van der Waals surface area (Å²) in [6.07, 6.45) is -1.81. The fraction of sp³-hybridized carbons (Fsp3) is 0.455. The molecule has 0 spiro atoms. The lowest BCUT2D eigenvalue weighted by atomic mass is 10.0. The number of aromatic nitrogens is 3. The summed E-state index contributed by atoms with van der Waals surface area (Å²) in [5.41, 5.74) is 0.971. The van der Waals surface area contributed by atoms with E-state index in [1.807, 2.05) is 0 Å². The summed E-state index contributed by atoms with van der Waals surface area (Å²) < 4.78 is 53.4. The van der Waals surface area contributed by atoms with Crippen LogP contribution in [0, 0.1) is 6.92 Å². The largest absolute Gasteiger partial charge is 0.355 e. The van der Waals surface area contributed by atoms with Crippen molar-refractivity contribution in [2.75, 3.05) is 41.3 Å². The van der Waals surface area contributed by atoms with Gasteiger partial charge in [0.15, 0.2) is 0 Å². The molecule has 2 aromatic rings. The van der Waals surface area contributed by atoms with Gasteiger partial charge in [0.1, 0.15) is 16.2 Å². The topological polar surface area (TPSA) is 74.2 Å². The Morgan fingerprint density at radius 2 is 1.71 bits per heavy atom. The van der Waals surface area contributed by atoms with Gasteiger partial charge in [0.05, 0.1) is 5.56 Å². The van der Waals surface area contributed by atoms with E-state index in [1.54, 1.807) is 34.9 Å². The maximum Gasteiger partial charge on any atom is 0.269 e. The minimum Gasteiger partial charge on any atom is -0.355 e. The summed E-state index contributed by atoms with van der Waals surface area (Å²) in [4.78, 5) is 29.7. The third-order valence-corrected chi connectivity index (χ3v) is 6.32. The molecule has 1 amide bonds. The van der Waals surface area contributed by atoms with Crippen LogP contribution >= 0.6 is 15.9 Å². The molecule has 0 saturated carbocycles. The Morgan fingerprint density at radius 3 is 2.35 bits per heavy atom. The van der Waals surface area contributed by atoms with Crippen LogP contribution in [0.1, 0.15) is 41.7 Å². The molecule has 182 valence electrons. The number of hydrogen-bond donors (Lipinski definition) is 1. The smallest absolute Gasteiger partial charge is 0.269 e. The van der Waals surface area contributed by atoms with Crippen LogP contribution < -0.4 is 15.1 Å². The zero-order valence-corrected chi connectivity index (χ0v) is 20.0. The van der Waals surface area contributed by atoms with E-state index in [9.17, 15) is 22.4 Å². The average Bonchev–Trinajstić information content (AvgIpc) is 2.78. The van der Waals surface area contributed by atoms with Crippen molar-refractivity contribution in [1.29, 1.82) is 0 Å². The molecule has 0 unspecified atom stereocenters. The fourth-order valence-electron chi connectivity index (χ4n) is 4.00. The molecule has 0 atom stereocenters. The van der Waals surface area contributed by atoms with Gasteiger partial charge in [-0.05, 0) is 53.4 Å². The molecule has 4 heterocycles. The van der Waals surface area contributed by atoms with Crippen LogP contribution in [0.3, 0.4) is 0 Å². The third kappa shape index (κ3) is 5.65. The molecule has 2 fully saturated rings. The normalized spacial score (nSPS) is 18.1. The summed E-state index contributed by atoms with van der Waals surface area (Å²) in [6, 6.07) is 4.82. The van der Waals surface area contributed by atoms with E-state index < -0.39 is 17.9 Å². The number of carbonyl (C=O) groups is 1. The Morgan fingerprint density at radius 1 is 1.03 bits per heavy atom. The number of amides is 1. The molecule has 7 nitrogen and oxygen atoms in total. The third-order valence-electron chi connectivity index (χ3n) is 5.88. The van der Waals surface area contributed by atoms with Gasteiger partial charge in [-0.2, -0.15) is 13.8 Å². The second-order valence-electron chi connectivity index (χ2n) is 8.35. The van der Waals surface area contributed by atoms with Crippen LogP contribution in [0.4, 0.5) is 35.1 Å². The van der Waals surface area contributed by atoms with Gasteiger partial charge in [0.25, 0.3) is 17.9 Å². The minimum absolute atomic E-state index is 0.121. The number of carbonyl (C=O) groups excluding carboxylic acids is 1. The Bertz CT molecular complexity index is 1100. The van der Waals surface area contributed by atoms with Crippen LogP contribution in [-0.4, -0.2) is 53.0 Å². The van der Waals surface area contributed by atoms with Crippen molar-refractivity contribution in [1.82, 2.24) is 15.0 Å². The van der Waals surface area contributed by atoms with Crippen molar-refractivity contribution in [3.63, 3.8) is 0 Å². The van der Waals surface area contributed by atoms with Gasteiger partial charge < -0.3 is 15.1 Å². The van der Waals surface area contributed by atoms with Crippen molar-refractivity contribution >= 4 is 39.4 Å². The molecule has 1 N–H and O–H groups in total. The van der Waals surface area contributed by atoms with Crippen LogP contribution in [0.2, 0.25) is 0 Å². The molecule has 4 rings (SSSR count). The van der Waals surface area contributed by atoms with Gasteiger partial charge in [-0.1, -0.05) is 0 Å². The lowest BCUT2D eigenvalue weighted by Crippen LogP contribution is -2.40. The number of hydrogen-bond acceptors (Lipinski definition) is 6. The second-order valence-corrected chi connectivity index (χ2v) is 9.16. The van der Waals surface area contributed by atoms with Gasteiger partial charge >= 0.3 is 0 Å². The highest BCUT2D eigenvalue weighted by atomic mass is 79.9. The van der Waals surface area contributed by atoms with Crippen molar-refractivity contribution in [2.24, 2.45) is 0 Å². The highest BCUT2D eigenvalue weighted by Gasteiger charge is 2.35. The highest BCUT2D eigenvalue weighted by Crippen LogP contribution is 2.31. The molecule has 34 heavy (non-hydrogen) atoms. The molecule has 2 aromatic heterocycles. The summed E-state index contributed by atoms with van der Waals surface area (Å²) >= 11 is 3.31. The molecule has 2 aliphatic rings. The maximum absolute atomic E-state index is 13.5. The number of nitrogens with one attached hydrogen (secondary N) is 1. The number of aryl methyl sites for hydroxylation is 1. The Labute approximate surface area is 202 Å². The lowest BCUT2D eigenvalue weighted by Gasteiger charge is -2.32. The first-order valence-corrected chi connectivity index (χ1v) is 11.6. The maximum atomic E-state index is 13.5. The summed E-state index contributed by atoms with van der Waals surface area (Å²) in [5.74, 6) is -2.26. The van der Waals surface area contributed by atoms with Crippen LogP contribution in [0.5, 0.6) is 0 Å². The van der Waals surface area contributed by atoms with Gasteiger partial charge in [-0.15, -0.1) is 0 Å². The van der Waals surface area contributed by atoms with Crippen molar-refractivity contribution in [3.05, 3.63) is 45.7 Å². The first-order valence-electron chi connectivity index (χ1n) is 10.9. The first kappa shape index (κ1) is 24.4. The number of piperidine rings is 2. The van der Waals surface area contributed by atoms with Crippen LogP contribution in [0.25, 0.3) is 0 Å². The summed E-state index contributed by atoms with van der Waals surface area (Å²) in [7, 11) is 0. The molecule has 2 saturated heterocycles. The fourth-order valence-corrected chi connectivity index (χ4v) is 4.30. The standard InChI is InChI=1S/C22H23BrF4N6O/c1-13-12-17(31-21(28-13)33-10-6-22(26,27)7-11-33)30-20(34)15-2-3-16(23)29-19(15)32-8-4-14(5-9-32)18(24)25/h2-3,12H,4-11H2,1H3,(H,28,30,31,34). The Balaban J connectivity index is 1.53. The van der Waals surface area contributed by atoms with Crippen molar-refractivity contribution in [2.45, 2.75) is 38.5 Å². The van der Waals surface area contributed by atoms with Crippen molar-refractivity contribution < 1.29 is 22.4 Å². The minimum atomic E-state index is -2.69. The number of nitrogens with zero attached hydrogens (tertiary/aromatic N) is 5. The van der Waals surface area contributed by atoms with E-state index in [2.05, 4.69) is 36.2 Å². The molecule has 12 heteroatoms. The number of anilines is 3. The molecule has 2 aliphatic heterocycles. The van der Waals surface area contributed by atoms with Crippen LogP contribution in [0.15, 0.2) is 34.5 Å². The van der Waals surface area contributed by atoms with Gasteiger partial charge in [-0.25, -0.2) is 18.7 Å².